The predicted molar refractivity (Wildman–Crippen MR) is 127 cm³/mol. The predicted octanol–water partition coefficient (Wildman–Crippen LogP) is 6.22. The van der Waals surface area contributed by atoms with Crippen LogP contribution in [0.5, 0.6) is 23.0 Å². The quantitative estimate of drug-likeness (QED) is 0.381. The average Bonchev–Trinajstić information content (AvgIpc) is 2.88. The van der Waals surface area contributed by atoms with Gasteiger partial charge >= 0.3 is 0 Å². The third kappa shape index (κ3) is 3.07. The van der Waals surface area contributed by atoms with Gasteiger partial charge in [-0.2, -0.15) is 0 Å². The lowest BCUT2D eigenvalue weighted by Crippen LogP contribution is -2.34. The van der Waals surface area contributed by atoms with Gasteiger partial charge in [0, 0.05) is 16.7 Å². The second kappa shape index (κ2) is 7.97. The molecule has 0 saturated heterocycles. The van der Waals surface area contributed by atoms with Gasteiger partial charge in [-0.25, -0.2) is 0 Å². The minimum Gasteiger partial charge on any atom is -0.493 e. The van der Waals surface area contributed by atoms with Gasteiger partial charge < -0.3 is 18.9 Å². The lowest BCUT2D eigenvalue weighted by atomic mass is 9.83. The second-order valence-corrected chi connectivity index (χ2v) is 7.65. The molecule has 4 nitrogen and oxygen atoms in total. The number of hydrogen-bond donors (Lipinski definition) is 0. The van der Waals surface area contributed by atoms with Gasteiger partial charge in [0.2, 0.25) is 0 Å². The van der Waals surface area contributed by atoms with Crippen LogP contribution < -0.4 is 18.9 Å². The third-order valence-electron chi connectivity index (χ3n) is 5.97. The minimum atomic E-state index is -0.771. The molecule has 4 aromatic carbocycles. The summed E-state index contributed by atoms with van der Waals surface area (Å²) in [5.74, 6) is 2.71. The first-order valence-electron chi connectivity index (χ1n) is 10.5. The van der Waals surface area contributed by atoms with Crippen molar-refractivity contribution in [3.05, 3.63) is 102 Å². The molecule has 160 valence electrons. The summed E-state index contributed by atoms with van der Waals surface area (Å²) in [4.78, 5) is 0. The minimum absolute atomic E-state index is 0.667. The molecular weight excluding hydrogens is 400 g/mol. The van der Waals surface area contributed by atoms with Crippen LogP contribution in [0.3, 0.4) is 0 Å². The van der Waals surface area contributed by atoms with Gasteiger partial charge in [0.05, 0.1) is 21.3 Å². The highest BCUT2D eigenvalue weighted by atomic mass is 16.5. The molecule has 32 heavy (non-hydrogen) atoms. The van der Waals surface area contributed by atoms with Crippen LogP contribution in [0.1, 0.15) is 16.7 Å². The van der Waals surface area contributed by atoms with Crippen LogP contribution in [-0.2, 0) is 5.60 Å². The monoisotopic (exact) mass is 424 g/mol. The van der Waals surface area contributed by atoms with Crippen molar-refractivity contribution in [3.63, 3.8) is 0 Å². The summed E-state index contributed by atoms with van der Waals surface area (Å²) in [5.41, 5.74) is 2.26. The molecule has 5 rings (SSSR count). The summed E-state index contributed by atoms with van der Waals surface area (Å²) in [6.07, 6.45) is 4.24. The van der Waals surface area contributed by atoms with Gasteiger partial charge in [-0.05, 0) is 41.1 Å². The van der Waals surface area contributed by atoms with E-state index in [0.29, 0.717) is 23.0 Å². The largest absolute Gasteiger partial charge is 0.493 e. The molecule has 0 radical (unpaired) electrons. The molecule has 0 aliphatic carbocycles. The summed E-state index contributed by atoms with van der Waals surface area (Å²) in [6.45, 7) is 0. The smallest absolute Gasteiger partial charge is 0.178 e. The molecule has 0 N–H and O–H groups in total. The molecule has 0 bridgehead atoms. The third-order valence-corrected chi connectivity index (χ3v) is 5.97. The summed E-state index contributed by atoms with van der Waals surface area (Å²) in [5, 5.41) is 1.99. The number of hydrogen-bond acceptors (Lipinski definition) is 4. The molecule has 0 fully saturated rings. The fraction of sp³-hybridized carbons (Fsp3) is 0.143. The Kier molecular flexibility index (Phi) is 4.98. The van der Waals surface area contributed by atoms with Crippen molar-refractivity contribution in [2.24, 2.45) is 0 Å². The van der Waals surface area contributed by atoms with Crippen molar-refractivity contribution >= 4 is 16.8 Å². The van der Waals surface area contributed by atoms with E-state index in [1.54, 1.807) is 21.3 Å². The van der Waals surface area contributed by atoms with E-state index < -0.39 is 5.60 Å². The molecule has 0 unspecified atom stereocenters. The molecule has 4 heteroatoms. The van der Waals surface area contributed by atoms with E-state index in [1.165, 1.54) is 0 Å². The molecule has 1 heterocycles. The first kappa shape index (κ1) is 20.0. The zero-order valence-corrected chi connectivity index (χ0v) is 18.3. The molecule has 4 aromatic rings. The van der Waals surface area contributed by atoms with E-state index in [9.17, 15) is 0 Å². The van der Waals surface area contributed by atoms with Crippen LogP contribution >= 0.6 is 0 Å². The Hall–Kier alpha value is -3.92. The van der Waals surface area contributed by atoms with E-state index in [0.717, 1.165) is 27.5 Å². The Balaban J connectivity index is 1.78. The second-order valence-electron chi connectivity index (χ2n) is 7.65. The molecular formula is C28H24O4. The maximum absolute atomic E-state index is 6.87. The molecule has 0 saturated carbocycles. The Morgan fingerprint density at radius 2 is 1.19 bits per heavy atom. The highest BCUT2D eigenvalue weighted by Gasteiger charge is 2.38. The Bertz CT molecular complexity index is 1250. The van der Waals surface area contributed by atoms with Gasteiger partial charge in [-0.3, -0.25) is 0 Å². The van der Waals surface area contributed by atoms with Crippen LogP contribution in [0, 0.1) is 0 Å². The van der Waals surface area contributed by atoms with Crippen molar-refractivity contribution < 1.29 is 18.9 Å². The maximum atomic E-state index is 6.87. The van der Waals surface area contributed by atoms with Gasteiger partial charge in [0.1, 0.15) is 0 Å². The number of ether oxygens (including phenoxy) is 4. The van der Waals surface area contributed by atoms with Gasteiger partial charge in [-0.1, -0.05) is 60.7 Å². The topological polar surface area (TPSA) is 36.9 Å². The molecule has 0 aromatic heterocycles. The van der Waals surface area contributed by atoms with Crippen LogP contribution in [-0.4, -0.2) is 21.3 Å². The lowest BCUT2D eigenvalue weighted by Gasteiger charge is -2.37. The lowest BCUT2D eigenvalue weighted by molar-refractivity contribution is 0.154. The zero-order chi connectivity index (χ0) is 22.1. The van der Waals surface area contributed by atoms with Gasteiger partial charge in [-0.15, -0.1) is 0 Å². The fourth-order valence-electron chi connectivity index (χ4n) is 4.38. The van der Waals surface area contributed by atoms with Crippen molar-refractivity contribution in [2.45, 2.75) is 5.60 Å². The standard InChI is InChI=1S/C28H24O4/c1-29-24-16-19-17-26(31-3)27-22(23(19)18-25(24)30-2)14-15-28(32-27,20-10-6-4-7-11-20)21-12-8-5-9-13-21/h4-18H,1-3H3. The maximum Gasteiger partial charge on any atom is 0.178 e. The number of fused-ring (bicyclic) bond motifs is 3. The van der Waals surface area contributed by atoms with E-state index >= 15 is 0 Å². The molecule has 0 atom stereocenters. The van der Waals surface area contributed by atoms with E-state index in [4.69, 9.17) is 18.9 Å². The summed E-state index contributed by atoms with van der Waals surface area (Å²) in [7, 11) is 4.94. The zero-order valence-electron chi connectivity index (χ0n) is 18.3. The Labute approximate surface area is 187 Å². The van der Waals surface area contributed by atoms with Crippen molar-refractivity contribution in [3.8, 4) is 23.0 Å². The van der Waals surface area contributed by atoms with Crippen molar-refractivity contribution in [1.82, 2.24) is 0 Å². The summed E-state index contributed by atoms with van der Waals surface area (Å²) < 4.78 is 23.7. The van der Waals surface area contributed by atoms with Crippen LogP contribution in [0.25, 0.3) is 16.8 Å². The van der Waals surface area contributed by atoms with Crippen LogP contribution in [0.2, 0.25) is 0 Å². The Morgan fingerprint density at radius 3 is 1.75 bits per heavy atom. The van der Waals surface area contributed by atoms with Crippen LogP contribution in [0.15, 0.2) is 84.9 Å². The number of rotatable bonds is 5. The summed E-state index contributed by atoms with van der Waals surface area (Å²) >= 11 is 0. The summed E-state index contributed by atoms with van der Waals surface area (Å²) in [6, 6.07) is 26.4. The average molecular weight is 424 g/mol. The highest BCUT2D eigenvalue weighted by Crippen LogP contribution is 2.49. The first-order chi connectivity index (χ1) is 15.7. The Morgan fingerprint density at radius 1 is 0.656 bits per heavy atom. The van der Waals surface area contributed by atoms with E-state index in [-0.39, 0.29) is 0 Å². The van der Waals surface area contributed by atoms with E-state index in [1.807, 2.05) is 54.6 Å². The van der Waals surface area contributed by atoms with Crippen molar-refractivity contribution in [1.29, 1.82) is 0 Å². The molecule has 0 amide bonds. The molecule has 1 aliphatic heterocycles. The highest BCUT2D eigenvalue weighted by molar-refractivity contribution is 5.98. The molecule has 0 spiro atoms. The van der Waals surface area contributed by atoms with Gasteiger partial charge in [0.15, 0.2) is 28.6 Å². The number of benzene rings is 4. The van der Waals surface area contributed by atoms with Crippen LogP contribution in [0.4, 0.5) is 0 Å². The van der Waals surface area contributed by atoms with Crippen molar-refractivity contribution in [2.75, 3.05) is 21.3 Å². The molecule has 1 aliphatic rings. The first-order valence-corrected chi connectivity index (χ1v) is 10.5. The fourth-order valence-corrected chi connectivity index (χ4v) is 4.38. The van der Waals surface area contributed by atoms with Gasteiger partial charge in [0.25, 0.3) is 0 Å². The SMILES string of the molecule is COc1cc2cc(OC)c3c(c2cc1OC)C=CC(c1ccccc1)(c1ccccc1)O3. The normalized spacial score (nSPS) is 13.8. The van der Waals surface area contributed by atoms with E-state index in [2.05, 4.69) is 36.4 Å². The number of methoxy groups -OCH3 is 3.